The van der Waals surface area contributed by atoms with Gasteiger partial charge in [-0.3, -0.25) is 0 Å². The molecule has 0 N–H and O–H groups in total. The summed E-state index contributed by atoms with van der Waals surface area (Å²) in [5.41, 5.74) is 9.45. The molecule has 2 aromatic rings. The summed E-state index contributed by atoms with van der Waals surface area (Å²) in [6.45, 7) is 19.8. The quantitative estimate of drug-likeness (QED) is 0.130. The molecule has 1 aliphatic rings. The molecule has 45 heavy (non-hydrogen) atoms. The minimum atomic E-state index is 0.626. The predicted molar refractivity (Wildman–Crippen MR) is 202 cm³/mol. The van der Waals surface area contributed by atoms with Gasteiger partial charge in [0.2, 0.25) is 0 Å². The lowest BCUT2D eigenvalue weighted by Gasteiger charge is -2.34. The van der Waals surface area contributed by atoms with E-state index in [1.54, 1.807) is 22.3 Å². The fourth-order valence-electron chi connectivity index (χ4n) is 8.46. The standard InChI is InChI=1S/C43H70N2/c1-9-19-34(20-10-2)38-27-17-28-39(35(21-11-3)22-12-4)42(38)44-31-32-45(33-44)43-40(36(23-13-5)24-14-6)29-18-30-41(43)37(25-15-7)26-16-8/h17-18,27-32,34-37H,9-16,19-26,33H2,1-8H3. The van der Waals surface area contributed by atoms with Crippen molar-refractivity contribution in [1.29, 1.82) is 0 Å². The average molecular weight is 615 g/mol. The van der Waals surface area contributed by atoms with Gasteiger partial charge in [-0.05, 0) is 97.3 Å². The third-order valence-corrected chi connectivity index (χ3v) is 10.4. The smallest absolute Gasteiger partial charge is 0.0989 e. The van der Waals surface area contributed by atoms with E-state index in [1.165, 1.54) is 114 Å². The molecule has 0 unspecified atom stereocenters. The van der Waals surface area contributed by atoms with E-state index in [0.29, 0.717) is 23.7 Å². The highest BCUT2D eigenvalue weighted by Crippen LogP contribution is 2.46. The van der Waals surface area contributed by atoms with Crippen LogP contribution >= 0.6 is 0 Å². The van der Waals surface area contributed by atoms with Gasteiger partial charge in [-0.15, -0.1) is 0 Å². The van der Waals surface area contributed by atoms with Gasteiger partial charge in [0.15, 0.2) is 0 Å². The van der Waals surface area contributed by atoms with E-state index in [4.69, 9.17) is 0 Å². The fraction of sp³-hybridized carbons (Fsp3) is 0.674. The van der Waals surface area contributed by atoms with Gasteiger partial charge in [-0.1, -0.05) is 143 Å². The topological polar surface area (TPSA) is 6.48 Å². The zero-order valence-corrected chi connectivity index (χ0v) is 30.8. The van der Waals surface area contributed by atoms with E-state index < -0.39 is 0 Å². The van der Waals surface area contributed by atoms with Gasteiger partial charge < -0.3 is 9.80 Å². The van der Waals surface area contributed by atoms with Crippen LogP contribution in [0.3, 0.4) is 0 Å². The van der Waals surface area contributed by atoms with Crippen molar-refractivity contribution < 1.29 is 0 Å². The van der Waals surface area contributed by atoms with Crippen LogP contribution in [-0.4, -0.2) is 6.67 Å². The van der Waals surface area contributed by atoms with Gasteiger partial charge in [0.05, 0.1) is 6.67 Å². The number of nitrogens with zero attached hydrogens (tertiary/aromatic N) is 2. The van der Waals surface area contributed by atoms with Crippen LogP contribution in [0.5, 0.6) is 0 Å². The Bertz CT molecular complexity index is 953. The summed E-state index contributed by atoms with van der Waals surface area (Å²) in [5, 5.41) is 0. The van der Waals surface area contributed by atoms with Crippen molar-refractivity contribution in [1.82, 2.24) is 0 Å². The largest absolute Gasteiger partial charge is 0.327 e. The van der Waals surface area contributed by atoms with Crippen LogP contribution in [0.2, 0.25) is 0 Å². The van der Waals surface area contributed by atoms with Crippen LogP contribution in [0.4, 0.5) is 11.4 Å². The molecule has 0 radical (unpaired) electrons. The zero-order valence-electron chi connectivity index (χ0n) is 30.8. The van der Waals surface area contributed by atoms with Crippen molar-refractivity contribution in [2.24, 2.45) is 0 Å². The third-order valence-electron chi connectivity index (χ3n) is 10.4. The van der Waals surface area contributed by atoms with E-state index in [1.807, 2.05) is 0 Å². The summed E-state index contributed by atoms with van der Waals surface area (Å²) in [7, 11) is 0. The first-order valence-corrected chi connectivity index (χ1v) is 19.5. The second kappa shape index (κ2) is 20.1. The van der Waals surface area contributed by atoms with Crippen LogP contribution in [-0.2, 0) is 0 Å². The molecule has 0 saturated carbocycles. The summed E-state index contributed by atoms with van der Waals surface area (Å²) in [4.78, 5) is 5.32. The average Bonchev–Trinajstić information content (AvgIpc) is 3.53. The van der Waals surface area contributed by atoms with Crippen molar-refractivity contribution >= 4 is 11.4 Å². The maximum atomic E-state index is 2.66. The van der Waals surface area contributed by atoms with Gasteiger partial charge in [0.25, 0.3) is 0 Å². The van der Waals surface area contributed by atoms with Gasteiger partial charge in [0, 0.05) is 23.8 Å². The van der Waals surface area contributed by atoms with E-state index >= 15 is 0 Å². The second-order valence-electron chi connectivity index (χ2n) is 14.0. The van der Waals surface area contributed by atoms with Crippen molar-refractivity contribution in [3.8, 4) is 0 Å². The molecule has 0 spiro atoms. The first-order valence-electron chi connectivity index (χ1n) is 19.5. The predicted octanol–water partition coefficient (Wildman–Crippen LogP) is 14.2. The SMILES string of the molecule is CCCC(CCC)c1cccc(C(CCC)CCC)c1N1C=CN(c2c(C(CCC)CCC)cccc2C(CCC)CCC)C1. The monoisotopic (exact) mass is 615 g/mol. The number of para-hydroxylation sites is 2. The lowest BCUT2D eigenvalue weighted by atomic mass is 9.82. The van der Waals surface area contributed by atoms with Crippen LogP contribution in [0, 0.1) is 0 Å². The highest BCUT2D eigenvalue weighted by atomic mass is 15.3. The van der Waals surface area contributed by atoms with Crippen molar-refractivity contribution in [2.75, 3.05) is 16.5 Å². The third kappa shape index (κ3) is 9.65. The van der Waals surface area contributed by atoms with E-state index in [0.717, 1.165) is 6.67 Å². The first-order chi connectivity index (χ1) is 22.0. The van der Waals surface area contributed by atoms with Crippen LogP contribution in [0.25, 0.3) is 0 Å². The summed E-state index contributed by atoms with van der Waals surface area (Å²) >= 11 is 0. The fourth-order valence-corrected chi connectivity index (χ4v) is 8.46. The zero-order chi connectivity index (χ0) is 32.6. The molecule has 1 aliphatic heterocycles. The molecule has 2 heteroatoms. The van der Waals surface area contributed by atoms with Crippen molar-refractivity contribution in [2.45, 2.75) is 182 Å². The minimum Gasteiger partial charge on any atom is -0.327 e. The van der Waals surface area contributed by atoms with Crippen LogP contribution in [0.15, 0.2) is 48.8 Å². The first kappa shape index (κ1) is 37.2. The lowest BCUT2D eigenvalue weighted by Crippen LogP contribution is -2.29. The Morgan fingerprint density at radius 2 is 0.622 bits per heavy atom. The Morgan fingerprint density at radius 3 is 0.822 bits per heavy atom. The van der Waals surface area contributed by atoms with Crippen LogP contribution in [0.1, 0.15) is 204 Å². The number of hydrogen-bond donors (Lipinski definition) is 0. The van der Waals surface area contributed by atoms with Crippen molar-refractivity contribution in [3.05, 3.63) is 71.1 Å². The Hall–Kier alpha value is -2.22. The van der Waals surface area contributed by atoms with Gasteiger partial charge in [-0.25, -0.2) is 0 Å². The van der Waals surface area contributed by atoms with E-state index in [9.17, 15) is 0 Å². The molecule has 0 saturated heterocycles. The molecule has 0 bridgehead atoms. The second-order valence-corrected chi connectivity index (χ2v) is 14.0. The molecule has 0 amide bonds. The molecule has 0 aliphatic carbocycles. The lowest BCUT2D eigenvalue weighted by molar-refractivity contribution is 0.545. The molecular weight excluding hydrogens is 544 g/mol. The molecule has 0 aromatic heterocycles. The molecule has 2 nitrogen and oxygen atoms in total. The molecule has 3 rings (SSSR count). The molecule has 0 fully saturated rings. The Morgan fingerprint density at radius 1 is 0.400 bits per heavy atom. The van der Waals surface area contributed by atoms with Gasteiger partial charge >= 0.3 is 0 Å². The summed E-state index contributed by atoms with van der Waals surface area (Å²) in [6.07, 6.45) is 25.0. The molecule has 2 aromatic carbocycles. The number of anilines is 2. The highest BCUT2D eigenvalue weighted by Gasteiger charge is 2.30. The molecule has 1 heterocycles. The van der Waals surface area contributed by atoms with E-state index in [2.05, 4.69) is 114 Å². The van der Waals surface area contributed by atoms with Crippen molar-refractivity contribution in [3.63, 3.8) is 0 Å². The minimum absolute atomic E-state index is 0.626. The van der Waals surface area contributed by atoms with E-state index in [-0.39, 0.29) is 0 Å². The number of rotatable bonds is 22. The number of benzene rings is 2. The van der Waals surface area contributed by atoms with Gasteiger partial charge in [0.1, 0.15) is 0 Å². The normalized spacial score (nSPS) is 13.5. The Balaban J connectivity index is 2.19. The maximum absolute atomic E-state index is 2.66. The summed E-state index contributed by atoms with van der Waals surface area (Å²) < 4.78 is 0. The van der Waals surface area contributed by atoms with Crippen LogP contribution < -0.4 is 9.80 Å². The molecule has 252 valence electrons. The highest BCUT2D eigenvalue weighted by molar-refractivity contribution is 5.71. The molecule has 0 atom stereocenters. The summed E-state index contributed by atoms with van der Waals surface area (Å²) in [5.74, 6) is 2.50. The van der Waals surface area contributed by atoms with Gasteiger partial charge in [-0.2, -0.15) is 0 Å². The summed E-state index contributed by atoms with van der Waals surface area (Å²) in [6, 6.07) is 14.7. The molecular formula is C43H70N2. The number of hydrogen-bond acceptors (Lipinski definition) is 2. The maximum Gasteiger partial charge on any atom is 0.0989 e. The Kier molecular flexibility index (Phi) is 16.6. The Labute approximate surface area is 280 Å².